The second kappa shape index (κ2) is 7.88. The number of anilines is 1. The number of benzene rings is 3. The number of H-pyrrole nitrogens is 1. The largest absolute Gasteiger partial charge is 0.325 e. The monoisotopic (exact) mass is 369 g/mol. The highest BCUT2D eigenvalue weighted by molar-refractivity contribution is 5.95. The molecule has 2 N–H and O–H groups in total. The number of aromatic nitrogens is 2. The summed E-state index contributed by atoms with van der Waals surface area (Å²) in [5.41, 5.74) is 3.30. The summed E-state index contributed by atoms with van der Waals surface area (Å²) in [5.74, 6) is -0.176. The second-order valence-corrected chi connectivity index (χ2v) is 6.59. The Morgan fingerprint density at radius 3 is 2.36 bits per heavy atom. The van der Waals surface area contributed by atoms with E-state index in [0.29, 0.717) is 16.5 Å². The molecule has 0 radical (unpaired) electrons. The minimum absolute atomic E-state index is 0.0803. The van der Waals surface area contributed by atoms with Crippen molar-refractivity contribution in [3.63, 3.8) is 0 Å². The number of amides is 1. The molecule has 0 saturated carbocycles. The van der Waals surface area contributed by atoms with Crippen molar-refractivity contribution in [1.29, 1.82) is 0 Å². The zero-order valence-electron chi connectivity index (χ0n) is 15.2. The van der Waals surface area contributed by atoms with Gasteiger partial charge in [-0.1, -0.05) is 66.7 Å². The molecule has 0 saturated heterocycles. The van der Waals surface area contributed by atoms with Gasteiger partial charge in [-0.2, -0.15) is 5.10 Å². The van der Waals surface area contributed by atoms with E-state index in [1.54, 1.807) is 12.1 Å². The Kier molecular flexibility index (Phi) is 4.97. The van der Waals surface area contributed by atoms with Crippen LogP contribution in [0.5, 0.6) is 0 Å². The van der Waals surface area contributed by atoms with Crippen LogP contribution < -0.4 is 10.9 Å². The third-order valence-electron chi connectivity index (χ3n) is 4.63. The van der Waals surface area contributed by atoms with Gasteiger partial charge in [0, 0.05) is 11.1 Å². The van der Waals surface area contributed by atoms with Crippen LogP contribution in [0.25, 0.3) is 10.8 Å². The minimum Gasteiger partial charge on any atom is -0.325 e. The molecule has 4 rings (SSSR count). The number of para-hydroxylation sites is 1. The maximum Gasteiger partial charge on any atom is 0.272 e. The van der Waals surface area contributed by atoms with Crippen LogP contribution in [0.4, 0.5) is 5.69 Å². The van der Waals surface area contributed by atoms with Crippen LogP contribution in [-0.2, 0) is 17.6 Å². The van der Waals surface area contributed by atoms with Crippen molar-refractivity contribution in [3.05, 3.63) is 106 Å². The third kappa shape index (κ3) is 3.83. The summed E-state index contributed by atoms with van der Waals surface area (Å²) in [6.45, 7) is 0. The normalized spacial score (nSPS) is 10.7. The molecule has 0 fully saturated rings. The van der Waals surface area contributed by atoms with E-state index in [9.17, 15) is 9.59 Å². The maximum atomic E-state index is 12.7. The fourth-order valence-electron chi connectivity index (χ4n) is 3.26. The van der Waals surface area contributed by atoms with Crippen molar-refractivity contribution < 1.29 is 4.79 Å². The lowest BCUT2D eigenvalue weighted by atomic mass is 10.0. The summed E-state index contributed by atoms with van der Waals surface area (Å²) >= 11 is 0. The van der Waals surface area contributed by atoms with Crippen LogP contribution in [0.15, 0.2) is 83.7 Å². The van der Waals surface area contributed by atoms with E-state index in [-0.39, 0.29) is 17.9 Å². The number of carbonyl (C=O) groups excluding carboxylic acids is 1. The number of hydrogen-bond acceptors (Lipinski definition) is 3. The number of nitrogens with zero attached hydrogens (tertiary/aromatic N) is 1. The van der Waals surface area contributed by atoms with E-state index in [1.165, 1.54) is 5.56 Å². The van der Waals surface area contributed by atoms with Gasteiger partial charge in [-0.3, -0.25) is 9.59 Å². The van der Waals surface area contributed by atoms with E-state index in [1.807, 2.05) is 54.6 Å². The van der Waals surface area contributed by atoms with E-state index in [0.717, 1.165) is 17.7 Å². The van der Waals surface area contributed by atoms with Gasteiger partial charge in [-0.25, -0.2) is 5.10 Å². The molecule has 138 valence electrons. The van der Waals surface area contributed by atoms with Crippen LogP contribution in [-0.4, -0.2) is 16.1 Å². The fourth-order valence-corrected chi connectivity index (χ4v) is 3.26. The van der Waals surface area contributed by atoms with Crippen LogP contribution >= 0.6 is 0 Å². The summed E-state index contributed by atoms with van der Waals surface area (Å²) in [6, 6.07) is 25.1. The van der Waals surface area contributed by atoms with Gasteiger partial charge in [0.15, 0.2) is 0 Å². The van der Waals surface area contributed by atoms with Crippen molar-refractivity contribution in [1.82, 2.24) is 10.2 Å². The SMILES string of the molecule is O=C(Cc1n[nH]c(=O)c2ccccc12)Nc1ccccc1Cc1ccccc1. The smallest absolute Gasteiger partial charge is 0.272 e. The number of hydrogen-bond donors (Lipinski definition) is 2. The first kappa shape index (κ1) is 17.7. The molecule has 1 heterocycles. The van der Waals surface area contributed by atoms with Crippen molar-refractivity contribution in [3.8, 4) is 0 Å². The highest BCUT2D eigenvalue weighted by Crippen LogP contribution is 2.20. The molecule has 5 nitrogen and oxygen atoms in total. The number of aromatic amines is 1. The Bertz CT molecular complexity index is 1180. The summed E-state index contributed by atoms with van der Waals surface area (Å²) in [4.78, 5) is 24.6. The van der Waals surface area contributed by atoms with Gasteiger partial charge in [0.2, 0.25) is 5.91 Å². The molecule has 1 amide bonds. The fraction of sp³-hybridized carbons (Fsp3) is 0.0870. The van der Waals surface area contributed by atoms with Crippen molar-refractivity contribution in [2.75, 3.05) is 5.32 Å². The second-order valence-electron chi connectivity index (χ2n) is 6.59. The molecular weight excluding hydrogens is 350 g/mol. The molecular formula is C23H19N3O2. The molecule has 1 aromatic heterocycles. The molecule has 28 heavy (non-hydrogen) atoms. The third-order valence-corrected chi connectivity index (χ3v) is 4.63. The standard InChI is InChI=1S/C23H19N3O2/c27-22(15-21-18-11-5-6-12-19(18)23(28)26-25-21)24-20-13-7-4-10-17(20)14-16-8-2-1-3-9-16/h1-13H,14-15H2,(H,24,27)(H,26,28). The van der Waals surface area contributed by atoms with Crippen LogP contribution in [0, 0.1) is 0 Å². The average Bonchev–Trinajstić information content (AvgIpc) is 2.73. The predicted octanol–water partition coefficient (Wildman–Crippen LogP) is 3.70. The first-order valence-corrected chi connectivity index (χ1v) is 9.09. The first-order valence-electron chi connectivity index (χ1n) is 9.09. The Labute approximate surface area is 162 Å². The van der Waals surface area contributed by atoms with E-state index >= 15 is 0 Å². The molecule has 0 bridgehead atoms. The molecule has 4 aromatic rings. The minimum atomic E-state index is -0.257. The Morgan fingerprint density at radius 1 is 0.857 bits per heavy atom. The zero-order chi connectivity index (χ0) is 19.3. The number of carbonyl (C=O) groups is 1. The highest BCUT2D eigenvalue weighted by atomic mass is 16.1. The first-order chi connectivity index (χ1) is 13.7. The summed E-state index contributed by atoms with van der Waals surface area (Å²) in [7, 11) is 0. The van der Waals surface area contributed by atoms with Crippen molar-refractivity contribution >= 4 is 22.4 Å². The Hall–Kier alpha value is -3.73. The highest BCUT2D eigenvalue weighted by Gasteiger charge is 2.12. The summed E-state index contributed by atoms with van der Waals surface area (Å²) < 4.78 is 0. The molecule has 3 aromatic carbocycles. The van der Waals surface area contributed by atoms with Crippen molar-refractivity contribution in [2.45, 2.75) is 12.8 Å². The molecule has 0 aliphatic heterocycles. The van der Waals surface area contributed by atoms with E-state index in [4.69, 9.17) is 0 Å². The Morgan fingerprint density at radius 2 is 1.54 bits per heavy atom. The Balaban J connectivity index is 1.55. The lowest BCUT2D eigenvalue weighted by Crippen LogP contribution is -2.19. The molecule has 0 aliphatic rings. The van der Waals surface area contributed by atoms with Gasteiger partial charge in [0.25, 0.3) is 5.56 Å². The average molecular weight is 369 g/mol. The topological polar surface area (TPSA) is 74.8 Å². The predicted molar refractivity (Wildman–Crippen MR) is 110 cm³/mol. The lowest BCUT2D eigenvalue weighted by molar-refractivity contribution is -0.115. The van der Waals surface area contributed by atoms with Crippen LogP contribution in [0.3, 0.4) is 0 Å². The molecule has 0 atom stereocenters. The van der Waals surface area contributed by atoms with Gasteiger partial charge in [-0.05, 0) is 29.7 Å². The van der Waals surface area contributed by atoms with Crippen molar-refractivity contribution in [2.24, 2.45) is 0 Å². The van der Waals surface area contributed by atoms with E-state index < -0.39 is 0 Å². The number of rotatable bonds is 5. The maximum absolute atomic E-state index is 12.7. The lowest BCUT2D eigenvalue weighted by Gasteiger charge is -2.11. The number of fused-ring (bicyclic) bond motifs is 1. The van der Waals surface area contributed by atoms with Gasteiger partial charge >= 0.3 is 0 Å². The molecule has 5 heteroatoms. The van der Waals surface area contributed by atoms with Crippen LogP contribution in [0.1, 0.15) is 16.8 Å². The summed E-state index contributed by atoms with van der Waals surface area (Å²) in [5, 5.41) is 10.8. The quantitative estimate of drug-likeness (QED) is 0.563. The zero-order valence-corrected chi connectivity index (χ0v) is 15.2. The van der Waals surface area contributed by atoms with E-state index in [2.05, 4.69) is 27.6 Å². The van der Waals surface area contributed by atoms with Gasteiger partial charge < -0.3 is 5.32 Å². The van der Waals surface area contributed by atoms with Gasteiger partial charge in [-0.15, -0.1) is 0 Å². The van der Waals surface area contributed by atoms with Crippen LogP contribution in [0.2, 0.25) is 0 Å². The molecule has 0 spiro atoms. The van der Waals surface area contributed by atoms with Gasteiger partial charge in [0.1, 0.15) is 0 Å². The molecule has 0 unspecified atom stereocenters. The summed E-state index contributed by atoms with van der Waals surface area (Å²) in [6.07, 6.45) is 0.814. The molecule has 0 aliphatic carbocycles. The van der Waals surface area contributed by atoms with Gasteiger partial charge in [0.05, 0.1) is 17.5 Å². The number of nitrogens with one attached hydrogen (secondary N) is 2.